The maximum absolute atomic E-state index is 12.3. The molecule has 0 unspecified atom stereocenters. The molecule has 0 fully saturated rings. The molecular formula is C21H23N3O3. The number of nitriles is 1. The fourth-order valence-corrected chi connectivity index (χ4v) is 2.41. The van der Waals surface area contributed by atoms with Crippen LogP contribution in [0.5, 0.6) is 11.5 Å². The van der Waals surface area contributed by atoms with E-state index < -0.39 is 0 Å². The molecule has 0 heterocycles. The quantitative estimate of drug-likeness (QED) is 0.573. The first kappa shape index (κ1) is 19.9. The van der Waals surface area contributed by atoms with Crippen molar-refractivity contribution in [2.75, 3.05) is 25.3 Å². The number of hydrogen-bond acceptors (Lipinski definition) is 5. The normalized spacial score (nSPS) is 10.3. The van der Waals surface area contributed by atoms with Crippen LogP contribution in [0.4, 0.5) is 5.69 Å². The van der Waals surface area contributed by atoms with Crippen LogP contribution >= 0.6 is 0 Å². The van der Waals surface area contributed by atoms with E-state index in [-0.39, 0.29) is 12.5 Å². The SMILES string of the molecule is CCN(NC(=O)/C=C/c1ccc(OCC#N)c(OC)c1)c1ccc(C)cc1. The Bertz CT molecular complexity index is 839. The van der Waals surface area contributed by atoms with Crippen molar-refractivity contribution in [3.8, 4) is 17.6 Å². The molecule has 0 aliphatic carbocycles. The topological polar surface area (TPSA) is 74.6 Å². The summed E-state index contributed by atoms with van der Waals surface area (Å²) in [6.45, 7) is 4.57. The molecule has 1 amide bonds. The number of nitrogens with zero attached hydrogens (tertiary/aromatic N) is 2. The first-order valence-corrected chi connectivity index (χ1v) is 8.58. The van der Waals surface area contributed by atoms with Crippen molar-refractivity contribution in [2.45, 2.75) is 13.8 Å². The van der Waals surface area contributed by atoms with Crippen LogP contribution in [0.15, 0.2) is 48.5 Å². The number of benzene rings is 2. The van der Waals surface area contributed by atoms with Gasteiger partial charge in [-0.2, -0.15) is 5.26 Å². The molecular weight excluding hydrogens is 342 g/mol. The molecule has 2 rings (SSSR count). The molecule has 0 saturated heterocycles. The minimum absolute atomic E-state index is 0.0557. The van der Waals surface area contributed by atoms with Crippen LogP contribution in [0, 0.1) is 18.3 Å². The lowest BCUT2D eigenvalue weighted by Gasteiger charge is -2.23. The lowest BCUT2D eigenvalue weighted by atomic mass is 10.2. The van der Waals surface area contributed by atoms with E-state index in [2.05, 4.69) is 5.43 Å². The molecule has 0 atom stereocenters. The summed E-state index contributed by atoms with van der Waals surface area (Å²) in [5.41, 5.74) is 5.72. The number of amides is 1. The molecule has 1 N–H and O–H groups in total. The maximum Gasteiger partial charge on any atom is 0.262 e. The molecule has 2 aromatic rings. The van der Waals surface area contributed by atoms with Gasteiger partial charge in [-0.05, 0) is 49.8 Å². The van der Waals surface area contributed by atoms with Gasteiger partial charge in [-0.15, -0.1) is 0 Å². The second-order valence-electron chi connectivity index (χ2n) is 5.75. The zero-order valence-electron chi connectivity index (χ0n) is 15.7. The number of aryl methyl sites for hydroxylation is 1. The number of carbonyl (C=O) groups excluding carboxylic acids is 1. The first-order valence-electron chi connectivity index (χ1n) is 8.58. The van der Waals surface area contributed by atoms with Crippen molar-refractivity contribution in [1.29, 1.82) is 5.26 Å². The molecule has 6 heteroatoms. The summed E-state index contributed by atoms with van der Waals surface area (Å²) in [7, 11) is 1.52. The number of hydrazine groups is 1. The number of carbonyl (C=O) groups is 1. The third-order valence-electron chi connectivity index (χ3n) is 3.81. The summed E-state index contributed by atoms with van der Waals surface area (Å²) in [6, 6.07) is 15.1. The van der Waals surface area contributed by atoms with E-state index in [0.717, 1.165) is 16.8 Å². The Morgan fingerprint density at radius 1 is 1.22 bits per heavy atom. The lowest BCUT2D eigenvalue weighted by Crippen LogP contribution is -2.41. The van der Waals surface area contributed by atoms with Gasteiger partial charge in [0.1, 0.15) is 6.07 Å². The Hall–Kier alpha value is -3.46. The van der Waals surface area contributed by atoms with Crippen LogP contribution in [0.2, 0.25) is 0 Å². The average Bonchev–Trinajstić information content (AvgIpc) is 2.69. The third-order valence-corrected chi connectivity index (χ3v) is 3.81. The Labute approximate surface area is 159 Å². The number of hydrogen-bond donors (Lipinski definition) is 1. The van der Waals surface area contributed by atoms with E-state index in [1.54, 1.807) is 29.3 Å². The van der Waals surface area contributed by atoms with Crippen molar-refractivity contribution in [3.05, 3.63) is 59.7 Å². The highest BCUT2D eigenvalue weighted by Gasteiger charge is 2.07. The highest BCUT2D eigenvalue weighted by atomic mass is 16.5. The van der Waals surface area contributed by atoms with Gasteiger partial charge in [0, 0.05) is 12.6 Å². The first-order chi connectivity index (χ1) is 13.1. The van der Waals surface area contributed by atoms with E-state index in [1.807, 2.05) is 44.2 Å². The van der Waals surface area contributed by atoms with Gasteiger partial charge < -0.3 is 9.47 Å². The number of ether oxygens (including phenoxy) is 2. The van der Waals surface area contributed by atoms with Gasteiger partial charge in [-0.25, -0.2) is 0 Å². The monoisotopic (exact) mass is 365 g/mol. The van der Waals surface area contributed by atoms with E-state index in [1.165, 1.54) is 13.2 Å². The number of anilines is 1. The van der Waals surface area contributed by atoms with Crippen molar-refractivity contribution in [2.24, 2.45) is 0 Å². The largest absolute Gasteiger partial charge is 0.493 e. The summed E-state index contributed by atoms with van der Waals surface area (Å²) in [6.07, 6.45) is 3.15. The molecule has 0 aliphatic heterocycles. The molecule has 0 saturated carbocycles. The number of methoxy groups -OCH3 is 1. The van der Waals surface area contributed by atoms with Gasteiger partial charge in [0.15, 0.2) is 18.1 Å². The van der Waals surface area contributed by atoms with Crippen molar-refractivity contribution < 1.29 is 14.3 Å². The van der Waals surface area contributed by atoms with Crippen molar-refractivity contribution in [1.82, 2.24) is 5.43 Å². The minimum atomic E-state index is -0.235. The maximum atomic E-state index is 12.3. The van der Waals surface area contributed by atoms with Gasteiger partial charge in [-0.3, -0.25) is 15.2 Å². The summed E-state index contributed by atoms with van der Waals surface area (Å²) in [5.74, 6) is 0.751. The van der Waals surface area contributed by atoms with E-state index in [0.29, 0.717) is 18.0 Å². The molecule has 27 heavy (non-hydrogen) atoms. The molecule has 0 aromatic heterocycles. The Morgan fingerprint density at radius 3 is 2.59 bits per heavy atom. The fraction of sp³-hybridized carbons (Fsp3) is 0.238. The van der Waals surface area contributed by atoms with Crippen molar-refractivity contribution >= 4 is 17.7 Å². The fourth-order valence-electron chi connectivity index (χ4n) is 2.41. The van der Waals surface area contributed by atoms with Crippen LogP contribution in [0.1, 0.15) is 18.1 Å². The van der Waals surface area contributed by atoms with E-state index in [9.17, 15) is 4.79 Å². The van der Waals surface area contributed by atoms with Crippen LogP contribution in [-0.4, -0.2) is 26.2 Å². The highest BCUT2D eigenvalue weighted by molar-refractivity contribution is 5.92. The number of rotatable bonds is 8. The van der Waals surface area contributed by atoms with Gasteiger partial charge in [0.2, 0.25) is 0 Å². The van der Waals surface area contributed by atoms with Gasteiger partial charge in [0.05, 0.1) is 12.8 Å². The average molecular weight is 365 g/mol. The Kier molecular flexibility index (Phi) is 7.26. The van der Waals surface area contributed by atoms with Crippen molar-refractivity contribution in [3.63, 3.8) is 0 Å². The second-order valence-corrected chi connectivity index (χ2v) is 5.75. The summed E-state index contributed by atoms with van der Waals surface area (Å²) < 4.78 is 10.5. The third kappa shape index (κ3) is 5.79. The van der Waals surface area contributed by atoms with Gasteiger partial charge in [0.25, 0.3) is 5.91 Å². The molecule has 140 valence electrons. The van der Waals surface area contributed by atoms with Gasteiger partial charge >= 0.3 is 0 Å². The van der Waals surface area contributed by atoms with Crippen LogP contribution < -0.4 is 19.9 Å². The van der Waals surface area contributed by atoms with E-state index >= 15 is 0 Å². The minimum Gasteiger partial charge on any atom is -0.493 e. The van der Waals surface area contributed by atoms with Crippen LogP contribution in [0.3, 0.4) is 0 Å². The van der Waals surface area contributed by atoms with Gasteiger partial charge in [-0.1, -0.05) is 23.8 Å². The molecule has 0 bridgehead atoms. The highest BCUT2D eigenvalue weighted by Crippen LogP contribution is 2.28. The smallest absolute Gasteiger partial charge is 0.262 e. The zero-order valence-corrected chi connectivity index (χ0v) is 15.7. The molecule has 0 spiro atoms. The molecule has 0 radical (unpaired) electrons. The van der Waals surface area contributed by atoms with E-state index in [4.69, 9.17) is 14.7 Å². The standard InChI is InChI=1S/C21H23N3O3/c1-4-24(18-9-5-16(2)6-10-18)23-21(25)12-8-17-7-11-19(27-14-13-22)20(15-17)26-3/h5-12,15H,4,14H2,1-3H3,(H,23,25)/b12-8+. The lowest BCUT2D eigenvalue weighted by molar-refractivity contribution is -0.116. The summed E-state index contributed by atoms with van der Waals surface area (Å²) in [5, 5.41) is 10.4. The molecule has 2 aromatic carbocycles. The summed E-state index contributed by atoms with van der Waals surface area (Å²) in [4.78, 5) is 12.3. The Balaban J connectivity index is 2.04. The van der Waals surface area contributed by atoms with Crippen LogP contribution in [-0.2, 0) is 4.79 Å². The van der Waals surface area contributed by atoms with Crippen LogP contribution in [0.25, 0.3) is 6.08 Å². The molecule has 6 nitrogen and oxygen atoms in total. The number of nitrogens with one attached hydrogen (secondary N) is 1. The predicted molar refractivity (Wildman–Crippen MR) is 105 cm³/mol. The second kappa shape index (κ2) is 9.88. The summed E-state index contributed by atoms with van der Waals surface area (Å²) >= 11 is 0. The predicted octanol–water partition coefficient (Wildman–Crippen LogP) is 3.48. The zero-order chi connectivity index (χ0) is 19.6. The Morgan fingerprint density at radius 2 is 1.96 bits per heavy atom. The molecule has 0 aliphatic rings.